The van der Waals surface area contributed by atoms with Crippen molar-refractivity contribution >= 4 is 34.1 Å². The topological polar surface area (TPSA) is 25.8 Å². The molecule has 0 radical (unpaired) electrons. The van der Waals surface area contributed by atoms with E-state index in [-0.39, 0.29) is 0 Å². The van der Waals surface area contributed by atoms with Crippen LogP contribution in [0.1, 0.15) is 11.1 Å². The standard InChI is InChI=1S/C16H12Cl2N2/c1-9-3-6-11(7-4-9)16-19-14-12(17)8-5-10(2)13(14)15(18)20-16/h3-8H,1-2H3. The highest BCUT2D eigenvalue weighted by atomic mass is 35.5. The fraction of sp³-hybridized carbons (Fsp3) is 0.125. The summed E-state index contributed by atoms with van der Waals surface area (Å²) >= 11 is 12.5. The second-order valence-corrected chi connectivity index (χ2v) is 5.56. The number of halogens is 2. The van der Waals surface area contributed by atoms with Gasteiger partial charge in [-0.2, -0.15) is 0 Å². The third kappa shape index (κ3) is 2.26. The van der Waals surface area contributed by atoms with Crippen LogP contribution >= 0.6 is 23.2 Å². The molecule has 2 aromatic carbocycles. The van der Waals surface area contributed by atoms with Gasteiger partial charge in [0.1, 0.15) is 5.15 Å². The smallest absolute Gasteiger partial charge is 0.161 e. The van der Waals surface area contributed by atoms with E-state index in [9.17, 15) is 0 Å². The second-order valence-electron chi connectivity index (χ2n) is 4.79. The fourth-order valence-electron chi connectivity index (χ4n) is 2.15. The molecule has 4 heteroatoms. The third-order valence-electron chi connectivity index (χ3n) is 3.27. The van der Waals surface area contributed by atoms with Crippen molar-refractivity contribution in [2.45, 2.75) is 13.8 Å². The molecule has 0 spiro atoms. The van der Waals surface area contributed by atoms with Crippen molar-refractivity contribution in [3.8, 4) is 11.4 Å². The Hall–Kier alpha value is -1.64. The van der Waals surface area contributed by atoms with Gasteiger partial charge in [0, 0.05) is 10.9 Å². The molecule has 0 fully saturated rings. The van der Waals surface area contributed by atoms with Gasteiger partial charge in [-0.1, -0.05) is 59.1 Å². The highest BCUT2D eigenvalue weighted by Crippen LogP contribution is 2.31. The highest BCUT2D eigenvalue weighted by molar-refractivity contribution is 6.38. The zero-order valence-corrected chi connectivity index (χ0v) is 12.6. The Morgan fingerprint density at radius 3 is 2.25 bits per heavy atom. The van der Waals surface area contributed by atoms with Gasteiger partial charge in [0.05, 0.1) is 10.5 Å². The summed E-state index contributed by atoms with van der Waals surface area (Å²) in [5, 5.41) is 1.84. The molecule has 0 aliphatic heterocycles. The fourth-order valence-corrected chi connectivity index (χ4v) is 2.67. The van der Waals surface area contributed by atoms with Crippen LogP contribution in [0.2, 0.25) is 10.2 Å². The molecular formula is C16H12Cl2N2. The van der Waals surface area contributed by atoms with Crippen molar-refractivity contribution < 1.29 is 0 Å². The lowest BCUT2D eigenvalue weighted by molar-refractivity contribution is 1.22. The Labute approximate surface area is 127 Å². The van der Waals surface area contributed by atoms with Crippen molar-refractivity contribution in [2.24, 2.45) is 0 Å². The summed E-state index contributed by atoms with van der Waals surface area (Å²) in [6.07, 6.45) is 0. The lowest BCUT2D eigenvalue weighted by Crippen LogP contribution is -1.94. The number of aryl methyl sites for hydroxylation is 2. The Balaban J connectivity index is 2.29. The highest BCUT2D eigenvalue weighted by Gasteiger charge is 2.12. The van der Waals surface area contributed by atoms with Gasteiger partial charge < -0.3 is 0 Å². The molecule has 20 heavy (non-hydrogen) atoms. The van der Waals surface area contributed by atoms with Gasteiger partial charge in [-0.3, -0.25) is 0 Å². The molecule has 0 aliphatic carbocycles. The summed E-state index contributed by atoms with van der Waals surface area (Å²) < 4.78 is 0. The molecule has 0 N–H and O–H groups in total. The van der Waals surface area contributed by atoms with Gasteiger partial charge in [0.15, 0.2) is 5.82 Å². The maximum absolute atomic E-state index is 6.31. The van der Waals surface area contributed by atoms with E-state index in [1.165, 1.54) is 5.56 Å². The number of aromatic nitrogens is 2. The van der Waals surface area contributed by atoms with E-state index in [0.717, 1.165) is 16.5 Å². The molecule has 0 bridgehead atoms. The summed E-state index contributed by atoms with van der Waals surface area (Å²) in [4.78, 5) is 8.97. The first kappa shape index (κ1) is 13.3. The van der Waals surface area contributed by atoms with Crippen LogP contribution in [0.3, 0.4) is 0 Å². The molecule has 2 nitrogen and oxygen atoms in total. The van der Waals surface area contributed by atoms with E-state index in [4.69, 9.17) is 23.2 Å². The molecule has 3 aromatic rings. The summed E-state index contributed by atoms with van der Waals surface area (Å²) in [6, 6.07) is 11.8. The number of benzene rings is 2. The largest absolute Gasteiger partial charge is 0.226 e. The van der Waals surface area contributed by atoms with Crippen LogP contribution in [-0.4, -0.2) is 9.97 Å². The van der Waals surface area contributed by atoms with Gasteiger partial charge in [-0.15, -0.1) is 0 Å². The Morgan fingerprint density at radius 1 is 0.850 bits per heavy atom. The molecule has 0 unspecified atom stereocenters. The number of fused-ring (bicyclic) bond motifs is 1. The predicted octanol–water partition coefficient (Wildman–Crippen LogP) is 5.22. The number of nitrogens with zero attached hydrogens (tertiary/aromatic N) is 2. The van der Waals surface area contributed by atoms with Crippen molar-refractivity contribution in [3.05, 3.63) is 57.7 Å². The normalized spacial score (nSPS) is 11.0. The lowest BCUT2D eigenvalue weighted by Gasteiger charge is -2.08. The van der Waals surface area contributed by atoms with Crippen LogP contribution in [0.4, 0.5) is 0 Å². The average molecular weight is 303 g/mol. The van der Waals surface area contributed by atoms with Gasteiger partial charge >= 0.3 is 0 Å². The van der Waals surface area contributed by atoms with Crippen LogP contribution in [0, 0.1) is 13.8 Å². The van der Waals surface area contributed by atoms with Gasteiger partial charge in [0.2, 0.25) is 0 Å². The minimum Gasteiger partial charge on any atom is -0.226 e. The monoisotopic (exact) mass is 302 g/mol. The zero-order valence-electron chi connectivity index (χ0n) is 11.1. The first-order chi connectivity index (χ1) is 9.56. The minimum atomic E-state index is 0.436. The molecule has 0 aliphatic rings. The van der Waals surface area contributed by atoms with Crippen LogP contribution in [0.5, 0.6) is 0 Å². The van der Waals surface area contributed by atoms with E-state index < -0.39 is 0 Å². The molecule has 3 rings (SSSR count). The summed E-state index contributed by atoms with van der Waals surface area (Å²) in [7, 11) is 0. The molecule has 0 amide bonds. The van der Waals surface area contributed by atoms with Crippen LogP contribution in [-0.2, 0) is 0 Å². The van der Waals surface area contributed by atoms with Crippen LogP contribution in [0.15, 0.2) is 36.4 Å². The van der Waals surface area contributed by atoms with E-state index in [2.05, 4.69) is 9.97 Å². The first-order valence-corrected chi connectivity index (χ1v) is 7.01. The lowest BCUT2D eigenvalue weighted by atomic mass is 10.1. The number of hydrogen-bond donors (Lipinski definition) is 0. The Morgan fingerprint density at radius 2 is 1.55 bits per heavy atom. The predicted molar refractivity (Wildman–Crippen MR) is 84.5 cm³/mol. The maximum Gasteiger partial charge on any atom is 0.161 e. The SMILES string of the molecule is Cc1ccc(-c2nc(Cl)c3c(C)ccc(Cl)c3n2)cc1. The van der Waals surface area contributed by atoms with E-state index in [1.54, 1.807) is 0 Å². The maximum atomic E-state index is 6.31. The molecule has 1 aromatic heterocycles. The van der Waals surface area contributed by atoms with Crippen molar-refractivity contribution in [1.29, 1.82) is 0 Å². The molecule has 0 saturated carbocycles. The van der Waals surface area contributed by atoms with Gasteiger partial charge in [-0.05, 0) is 25.5 Å². The molecule has 100 valence electrons. The van der Waals surface area contributed by atoms with Crippen molar-refractivity contribution in [2.75, 3.05) is 0 Å². The molecular weight excluding hydrogens is 291 g/mol. The summed E-state index contributed by atoms with van der Waals surface area (Å²) in [5.74, 6) is 0.593. The quantitative estimate of drug-likeness (QED) is 0.576. The minimum absolute atomic E-state index is 0.436. The number of rotatable bonds is 1. The van der Waals surface area contributed by atoms with Gasteiger partial charge in [-0.25, -0.2) is 9.97 Å². The Kier molecular flexibility index (Phi) is 3.36. The Bertz CT molecular complexity index is 796. The van der Waals surface area contributed by atoms with Crippen molar-refractivity contribution in [3.63, 3.8) is 0 Å². The van der Waals surface area contributed by atoms with E-state index in [1.807, 2.05) is 50.2 Å². The first-order valence-electron chi connectivity index (χ1n) is 6.25. The van der Waals surface area contributed by atoms with Crippen molar-refractivity contribution in [1.82, 2.24) is 9.97 Å². The van der Waals surface area contributed by atoms with E-state index in [0.29, 0.717) is 21.5 Å². The van der Waals surface area contributed by atoms with Crippen LogP contribution < -0.4 is 0 Å². The third-order valence-corrected chi connectivity index (χ3v) is 3.85. The molecule has 0 atom stereocenters. The van der Waals surface area contributed by atoms with Gasteiger partial charge in [0.25, 0.3) is 0 Å². The van der Waals surface area contributed by atoms with Crippen LogP contribution in [0.25, 0.3) is 22.3 Å². The van der Waals surface area contributed by atoms with E-state index >= 15 is 0 Å². The zero-order chi connectivity index (χ0) is 14.3. The number of hydrogen-bond acceptors (Lipinski definition) is 2. The summed E-state index contributed by atoms with van der Waals surface area (Å²) in [6.45, 7) is 4.01. The molecule has 1 heterocycles. The second kappa shape index (κ2) is 5.04. The summed E-state index contributed by atoms with van der Waals surface area (Å²) in [5.41, 5.74) is 3.83. The average Bonchev–Trinajstić information content (AvgIpc) is 2.43. The molecule has 0 saturated heterocycles.